The SMILES string of the molecule is Cc1cc(NC(=O)c2cc(F)c(Cl)cc2Cl)n(CCC#N)n1. The summed E-state index contributed by atoms with van der Waals surface area (Å²) < 4.78 is 15.0. The van der Waals surface area contributed by atoms with Gasteiger partial charge in [-0.2, -0.15) is 10.4 Å². The van der Waals surface area contributed by atoms with E-state index in [-0.39, 0.29) is 22.0 Å². The van der Waals surface area contributed by atoms with Gasteiger partial charge in [0, 0.05) is 6.07 Å². The zero-order valence-electron chi connectivity index (χ0n) is 11.5. The summed E-state index contributed by atoms with van der Waals surface area (Å²) in [6, 6.07) is 5.80. The fourth-order valence-electron chi connectivity index (χ4n) is 1.85. The highest BCUT2D eigenvalue weighted by Crippen LogP contribution is 2.25. The second kappa shape index (κ2) is 6.77. The van der Waals surface area contributed by atoms with Crippen LogP contribution in [0.4, 0.5) is 10.2 Å². The van der Waals surface area contributed by atoms with Crippen molar-refractivity contribution >= 4 is 34.9 Å². The summed E-state index contributed by atoms with van der Waals surface area (Å²) >= 11 is 11.5. The van der Waals surface area contributed by atoms with Gasteiger partial charge >= 0.3 is 0 Å². The van der Waals surface area contributed by atoms with Gasteiger partial charge in [-0.05, 0) is 19.1 Å². The maximum Gasteiger partial charge on any atom is 0.258 e. The summed E-state index contributed by atoms with van der Waals surface area (Å²) in [5.74, 6) is -0.909. The van der Waals surface area contributed by atoms with Crippen LogP contribution in [0.3, 0.4) is 0 Å². The Labute approximate surface area is 136 Å². The van der Waals surface area contributed by atoms with Crippen LogP contribution in [0, 0.1) is 24.1 Å². The summed E-state index contributed by atoms with van der Waals surface area (Å²) in [7, 11) is 0. The number of nitrogens with one attached hydrogen (secondary N) is 1. The zero-order chi connectivity index (χ0) is 16.3. The molecule has 1 N–H and O–H groups in total. The molecule has 1 amide bonds. The molecule has 0 aliphatic rings. The van der Waals surface area contributed by atoms with Gasteiger partial charge in [-0.1, -0.05) is 23.2 Å². The monoisotopic (exact) mass is 340 g/mol. The van der Waals surface area contributed by atoms with E-state index in [9.17, 15) is 9.18 Å². The van der Waals surface area contributed by atoms with E-state index in [4.69, 9.17) is 28.5 Å². The fourth-order valence-corrected chi connectivity index (χ4v) is 2.32. The second-order valence-corrected chi connectivity index (χ2v) is 5.32. The van der Waals surface area contributed by atoms with E-state index in [1.807, 2.05) is 6.07 Å². The Morgan fingerprint density at radius 1 is 1.41 bits per heavy atom. The van der Waals surface area contributed by atoms with E-state index in [0.717, 1.165) is 6.07 Å². The Kier molecular flexibility index (Phi) is 5.01. The second-order valence-electron chi connectivity index (χ2n) is 4.50. The average Bonchev–Trinajstić information content (AvgIpc) is 2.80. The summed E-state index contributed by atoms with van der Waals surface area (Å²) in [5.41, 5.74) is 0.649. The number of aryl methyl sites for hydroxylation is 2. The molecule has 0 aliphatic carbocycles. The lowest BCUT2D eigenvalue weighted by Gasteiger charge is -2.09. The maximum atomic E-state index is 13.5. The van der Waals surface area contributed by atoms with Gasteiger partial charge < -0.3 is 5.32 Å². The van der Waals surface area contributed by atoms with Gasteiger partial charge in [0.1, 0.15) is 11.6 Å². The van der Waals surface area contributed by atoms with Crippen molar-refractivity contribution in [1.29, 1.82) is 5.26 Å². The number of halogens is 3. The molecule has 0 bridgehead atoms. The first-order valence-corrected chi connectivity index (χ1v) is 7.05. The highest BCUT2D eigenvalue weighted by Gasteiger charge is 2.16. The largest absolute Gasteiger partial charge is 0.307 e. The molecule has 22 heavy (non-hydrogen) atoms. The molecule has 5 nitrogen and oxygen atoms in total. The lowest BCUT2D eigenvalue weighted by Crippen LogP contribution is -2.16. The molecular formula is C14H11Cl2FN4O. The first kappa shape index (κ1) is 16.3. The fraction of sp³-hybridized carbons (Fsp3) is 0.214. The van der Waals surface area contributed by atoms with E-state index in [1.54, 1.807) is 13.0 Å². The van der Waals surface area contributed by atoms with Crippen molar-refractivity contribution in [3.05, 3.63) is 45.3 Å². The summed E-state index contributed by atoms with van der Waals surface area (Å²) in [6.07, 6.45) is 0.250. The highest BCUT2D eigenvalue weighted by atomic mass is 35.5. The Hall–Kier alpha value is -2.10. The summed E-state index contributed by atoms with van der Waals surface area (Å²) in [6.45, 7) is 2.09. The number of anilines is 1. The van der Waals surface area contributed by atoms with Gasteiger partial charge in [0.15, 0.2) is 0 Å². The third-order valence-electron chi connectivity index (χ3n) is 2.83. The molecule has 0 unspecified atom stereocenters. The van der Waals surface area contributed by atoms with Crippen molar-refractivity contribution in [1.82, 2.24) is 9.78 Å². The van der Waals surface area contributed by atoms with Crippen molar-refractivity contribution in [2.45, 2.75) is 19.9 Å². The number of hydrogen-bond acceptors (Lipinski definition) is 3. The number of aromatic nitrogens is 2. The molecule has 1 heterocycles. The van der Waals surface area contributed by atoms with Gasteiger partial charge in [0.2, 0.25) is 0 Å². The van der Waals surface area contributed by atoms with Crippen LogP contribution < -0.4 is 5.32 Å². The van der Waals surface area contributed by atoms with Crippen LogP contribution in [0.15, 0.2) is 18.2 Å². The first-order valence-electron chi connectivity index (χ1n) is 6.29. The number of benzene rings is 1. The molecule has 0 spiro atoms. The predicted octanol–water partition coefficient (Wildman–Crippen LogP) is 3.80. The number of nitrogens with zero attached hydrogens (tertiary/aromatic N) is 3. The van der Waals surface area contributed by atoms with Crippen LogP contribution in [-0.4, -0.2) is 15.7 Å². The molecule has 0 saturated carbocycles. The molecule has 1 aromatic heterocycles. The van der Waals surface area contributed by atoms with Crippen molar-refractivity contribution in [3.8, 4) is 6.07 Å². The van der Waals surface area contributed by atoms with Crippen LogP contribution >= 0.6 is 23.2 Å². The normalized spacial score (nSPS) is 10.3. The minimum Gasteiger partial charge on any atom is -0.307 e. The van der Waals surface area contributed by atoms with E-state index < -0.39 is 11.7 Å². The maximum absolute atomic E-state index is 13.5. The molecule has 114 valence electrons. The molecule has 8 heteroatoms. The lowest BCUT2D eigenvalue weighted by molar-refractivity contribution is 0.102. The summed E-state index contributed by atoms with van der Waals surface area (Å²) in [4.78, 5) is 12.2. The number of carbonyl (C=O) groups is 1. The third kappa shape index (κ3) is 3.56. The molecule has 0 saturated heterocycles. The van der Waals surface area contributed by atoms with Gasteiger partial charge in [0.05, 0.1) is 40.3 Å². The van der Waals surface area contributed by atoms with E-state index in [1.165, 1.54) is 10.7 Å². The van der Waals surface area contributed by atoms with Gasteiger partial charge in [-0.3, -0.25) is 4.79 Å². The predicted molar refractivity (Wildman–Crippen MR) is 81.6 cm³/mol. The smallest absolute Gasteiger partial charge is 0.258 e. The van der Waals surface area contributed by atoms with Crippen molar-refractivity contribution in [3.63, 3.8) is 0 Å². The summed E-state index contributed by atoms with van der Waals surface area (Å²) in [5, 5.41) is 15.3. The highest BCUT2D eigenvalue weighted by molar-refractivity contribution is 6.37. The number of amides is 1. The number of nitriles is 1. The van der Waals surface area contributed by atoms with Crippen LogP contribution in [0.25, 0.3) is 0 Å². The Morgan fingerprint density at radius 2 is 2.14 bits per heavy atom. The van der Waals surface area contributed by atoms with Crippen LogP contribution in [-0.2, 0) is 6.54 Å². The third-order valence-corrected chi connectivity index (χ3v) is 3.44. The van der Waals surface area contributed by atoms with Gasteiger partial charge in [-0.15, -0.1) is 0 Å². The van der Waals surface area contributed by atoms with Crippen LogP contribution in [0.5, 0.6) is 0 Å². The topological polar surface area (TPSA) is 70.7 Å². The molecular weight excluding hydrogens is 330 g/mol. The minimum absolute atomic E-state index is 0.0331. The molecule has 0 aliphatic heterocycles. The lowest BCUT2D eigenvalue weighted by atomic mass is 10.2. The van der Waals surface area contributed by atoms with E-state index in [2.05, 4.69) is 10.4 Å². The number of rotatable bonds is 4. The Balaban J connectivity index is 2.26. The minimum atomic E-state index is -0.731. The Morgan fingerprint density at radius 3 is 2.82 bits per heavy atom. The molecule has 0 radical (unpaired) electrons. The van der Waals surface area contributed by atoms with Crippen LogP contribution in [0.2, 0.25) is 10.0 Å². The molecule has 2 aromatic rings. The molecule has 0 atom stereocenters. The number of carbonyl (C=O) groups excluding carboxylic acids is 1. The number of hydrogen-bond donors (Lipinski definition) is 1. The molecule has 0 fully saturated rings. The van der Waals surface area contributed by atoms with Gasteiger partial charge in [-0.25, -0.2) is 9.07 Å². The molecule has 2 rings (SSSR count). The Bertz CT molecular complexity index is 767. The van der Waals surface area contributed by atoms with Crippen molar-refractivity contribution in [2.24, 2.45) is 0 Å². The molecule has 1 aromatic carbocycles. The van der Waals surface area contributed by atoms with Crippen molar-refractivity contribution < 1.29 is 9.18 Å². The zero-order valence-corrected chi connectivity index (χ0v) is 13.0. The van der Waals surface area contributed by atoms with Gasteiger partial charge in [0.25, 0.3) is 5.91 Å². The van der Waals surface area contributed by atoms with Crippen LogP contribution in [0.1, 0.15) is 22.5 Å². The van der Waals surface area contributed by atoms with E-state index in [0.29, 0.717) is 18.1 Å². The first-order chi connectivity index (χ1) is 10.4. The van der Waals surface area contributed by atoms with Crippen molar-refractivity contribution in [2.75, 3.05) is 5.32 Å². The van der Waals surface area contributed by atoms with E-state index >= 15 is 0 Å². The standard InChI is InChI=1S/C14H11Cl2FN4O/c1-8-5-13(21(20-8)4-2-3-18)19-14(22)9-6-12(17)11(16)7-10(9)15/h5-7H,2,4H2,1H3,(H,19,22). The average molecular weight is 341 g/mol. The quantitative estimate of drug-likeness (QED) is 0.860.